The molecule has 4 bridgehead atoms. The van der Waals surface area contributed by atoms with E-state index in [2.05, 4.69) is 10.6 Å². The minimum Gasteiger partial charge on any atom is -0.320 e. The van der Waals surface area contributed by atoms with Crippen LogP contribution >= 0.6 is 0 Å². The molecule has 4 rings (SSSR count). The predicted octanol–water partition coefficient (Wildman–Crippen LogP) is 2.26. The van der Waals surface area contributed by atoms with E-state index in [1.807, 2.05) is 7.05 Å². The molecule has 0 unspecified atom stereocenters. The highest BCUT2D eigenvalue weighted by atomic mass is 14.9. The van der Waals surface area contributed by atoms with Crippen molar-refractivity contribution in [3.8, 4) is 0 Å². The van der Waals surface area contributed by atoms with Gasteiger partial charge in [0.15, 0.2) is 0 Å². The lowest BCUT2D eigenvalue weighted by atomic mass is 9.52. The first kappa shape index (κ1) is 12.0. The van der Waals surface area contributed by atoms with Crippen LogP contribution in [0.4, 0.5) is 0 Å². The SMILES string of the molecule is CNCCCNCC1C2CC3CC(C2)CC1C3. The van der Waals surface area contributed by atoms with Crippen molar-refractivity contribution in [3.05, 3.63) is 0 Å². The van der Waals surface area contributed by atoms with Crippen molar-refractivity contribution < 1.29 is 0 Å². The first-order valence-corrected chi connectivity index (χ1v) is 7.72. The molecule has 4 aliphatic rings. The van der Waals surface area contributed by atoms with Gasteiger partial charge in [-0.25, -0.2) is 0 Å². The minimum atomic E-state index is 1.03. The number of hydrogen-bond acceptors (Lipinski definition) is 2. The topological polar surface area (TPSA) is 24.1 Å². The maximum atomic E-state index is 3.71. The normalized spacial score (nSPS) is 43.2. The van der Waals surface area contributed by atoms with E-state index >= 15 is 0 Å². The van der Waals surface area contributed by atoms with E-state index in [-0.39, 0.29) is 0 Å². The lowest BCUT2D eigenvalue weighted by Crippen LogP contribution is -2.48. The summed E-state index contributed by atoms with van der Waals surface area (Å²) in [6.45, 7) is 3.65. The molecule has 2 nitrogen and oxygen atoms in total. The number of hydrogen-bond donors (Lipinski definition) is 2. The minimum absolute atomic E-state index is 1.03. The summed E-state index contributed by atoms with van der Waals surface area (Å²) in [7, 11) is 2.04. The average molecular weight is 236 g/mol. The Hall–Kier alpha value is -0.0800. The molecule has 0 aromatic rings. The van der Waals surface area contributed by atoms with Crippen molar-refractivity contribution in [3.63, 3.8) is 0 Å². The Balaban J connectivity index is 1.44. The van der Waals surface area contributed by atoms with Crippen LogP contribution in [0, 0.1) is 29.6 Å². The molecule has 0 aromatic heterocycles. The van der Waals surface area contributed by atoms with Gasteiger partial charge in [0.05, 0.1) is 0 Å². The molecule has 0 saturated heterocycles. The zero-order valence-electron chi connectivity index (χ0n) is 11.3. The van der Waals surface area contributed by atoms with Crippen LogP contribution in [0.5, 0.6) is 0 Å². The molecule has 0 heterocycles. The summed E-state index contributed by atoms with van der Waals surface area (Å²) in [5.74, 6) is 5.44. The summed E-state index contributed by atoms with van der Waals surface area (Å²) < 4.78 is 0. The van der Waals surface area contributed by atoms with Gasteiger partial charge in [0.1, 0.15) is 0 Å². The summed E-state index contributed by atoms with van der Waals surface area (Å²) >= 11 is 0. The largest absolute Gasteiger partial charge is 0.320 e. The molecule has 17 heavy (non-hydrogen) atoms. The van der Waals surface area contributed by atoms with E-state index in [0.717, 1.165) is 36.1 Å². The zero-order chi connectivity index (χ0) is 11.7. The van der Waals surface area contributed by atoms with Crippen molar-refractivity contribution in [2.24, 2.45) is 29.6 Å². The van der Waals surface area contributed by atoms with Gasteiger partial charge in [0.25, 0.3) is 0 Å². The summed E-state index contributed by atoms with van der Waals surface area (Å²) in [4.78, 5) is 0. The number of rotatable bonds is 6. The Morgan fingerprint density at radius 1 is 0.882 bits per heavy atom. The van der Waals surface area contributed by atoms with Crippen molar-refractivity contribution in [2.75, 3.05) is 26.7 Å². The zero-order valence-corrected chi connectivity index (χ0v) is 11.3. The third-order valence-corrected chi connectivity index (χ3v) is 5.58. The average Bonchev–Trinajstić information content (AvgIpc) is 2.31. The molecule has 2 N–H and O–H groups in total. The first-order chi connectivity index (χ1) is 8.36. The third-order valence-electron chi connectivity index (χ3n) is 5.58. The van der Waals surface area contributed by atoms with E-state index in [1.54, 1.807) is 32.1 Å². The Morgan fingerprint density at radius 2 is 1.53 bits per heavy atom. The third kappa shape index (κ3) is 2.53. The molecule has 0 radical (unpaired) electrons. The van der Waals surface area contributed by atoms with Crippen LogP contribution in [0.1, 0.15) is 38.5 Å². The van der Waals surface area contributed by atoms with Crippen molar-refractivity contribution in [1.82, 2.24) is 10.6 Å². The molecule has 0 aromatic carbocycles. The van der Waals surface area contributed by atoms with Gasteiger partial charge in [-0.3, -0.25) is 0 Å². The van der Waals surface area contributed by atoms with Gasteiger partial charge < -0.3 is 10.6 Å². The Morgan fingerprint density at radius 3 is 2.12 bits per heavy atom. The van der Waals surface area contributed by atoms with E-state index < -0.39 is 0 Å². The molecule has 4 fully saturated rings. The Labute approximate surface area is 106 Å². The second-order valence-electron chi connectivity index (χ2n) is 6.76. The van der Waals surface area contributed by atoms with Gasteiger partial charge in [-0.1, -0.05) is 0 Å². The van der Waals surface area contributed by atoms with Crippen LogP contribution in [-0.2, 0) is 0 Å². The summed E-state index contributed by atoms with van der Waals surface area (Å²) in [6.07, 6.45) is 9.11. The molecule has 2 heteroatoms. The molecule has 4 aliphatic carbocycles. The van der Waals surface area contributed by atoms with Crippen LogP contribution in [-0.4, -0.2) is 26.7 Å². The molecular weight excluding hydrogens is 208 g/mol. The molecule has 0 aliphatic heterocycles. The fraction of sp³-hybridized carbons (Fsp3) is 1.00. The maximum absolute atomic E-state index is 3.71. The van der Waals surface area contributed by atoms with Gasteiger partial charge >= 0.3 is 0 Å². The molecule has 0 atom stereocenters. The van der Waals surface area contributed by atoms with Crippen molar-refractivity contribution in [2.45, 2.75) is 38.5 Å². The summed E-state index contributed by atoms with van der Waals surface area (Å²) in [5.41, 5.74) is 0. The Bertz CT molecular complexity index is 223. The van der Waals surface area contributed by atoms with Crippen LogP contribution in [0.25, 0.3) is 0 Å². The second-order valence-corrected chi connectivity index (χ2v) is 6.76. The fourth-order valence-corrected chi connectivity index (χ4v) is 5.03. The highest BCUT2D eigenvalue weighted by Crippen LogP contribution is 2.56. The van der Waals surface area contributed by atoms with Crippen LogP contribution in [0.2, 0.25) is 0 Å². The van der Waals surface area contributed by atoms with Gasteiger partial charge in [-0.05, 0) is 94.8 Å². The summed E-state index contributed by atoms with van der Waals surface area (Å²) in [5, 5.41) is 6.93. The lowest BCUT2D eigenvalue weighted by molar-refractivity contribution is -0.0353. The first-order valence-electron chi connectivity index (χ1n) is 7.72. The van der Waals surface area contributed by atoms with Crippen LogP contribution in [0.3, 0.4) is 0 Å². The van der Waals surface area contributed by atoms with E-state index in [9.17, 15) is 0 Å². The smallest absolute Gasteiger partial charge is 0.00152 e. The van der Waals surface area contributed by atoms with Gasteiger partial charge in [-0.2, -0.15) is 0 Å². The van der Waals surface area contributed by atoms with Gasteiger partial charge in [0, 0.05) is 0 Å². The van der Waals surface area contributed by atoms with Crippen molar-refractivity contribution >= 4 is 0 Å². The van der Waals surface area contributed by atoms with Gasteiger partial charge in [-0.15, -0.1) is 0 Å². The highest BCUT2D eigenvalue weighted by molar-refractivity contribution is 4.98. The quantitative estimate of drug-likeness (QED) is 0.691. The molecule has 4 saturated carbocycles. The monoisotopic (exact) mass is 236 g/mol. The highest BCUT2D eigenvalue weighted by Gasteiger charge is 2.47. The van der Waals surface area contributed by atoms with Crippen molar-refractivity contribution in [1.29, 1.82) is 0 Å². The standard InChI is InChI=1S/C15H28N2/c1-16-3-2-4-17-10-15-13-6-11-5-12(8-13)9-14(15)7-11/h11-17H,2-10H2,1H3. The van der Waals surface area contributed by atoms with Gasteiger partial charge in [0.2, 0.25) is 0 Å². The summed E-state index contributed by atoms with van der Waals surface area (Å²) in [6, 6.07) is 0. The molecule has 0 spiro atoms. The van der Waals surface area contributed by atoms with E-state index in [4.69, 9.17) is 0 Å². The molecule has 98 valence electrons. The Kier molecular flexibility index (Phi) is 3.72. The fourth-order valence-electron chi connectivity index (χ4n) is 5.03. The maximum Gasteiger partial charge on any atom is -0.00152 e. The number of nitrogens with one attached hydrogen (secondary N) is 2. The predicted molar refractivity (Wildman–Crippen MR) is 71.9 cm³/mol. The van der Waals surface area contributed by atoms with Crippen LogP contribution < -0.4 is 10.6 Å². The van der Waals surface area contributed by atoms with E-state index in [1.165, 1.54) is 19.5 Å². The molecular formula is C15H28N2. The lowest BCUT2D eigenvalue weighted by Gasteiger charge is -2.54. The molecule has 0 amide bonds. The second kappa shape index (κ2) is 5.27. The van der Waals surface area contributed by atoms with Crippen LogP contribution in [0.15, 0.2) is 0 Å². The van der Waals surface area contributed by atoms with E-state index in [0.29, 0.717) is 0 Å².